The average Bonchev–Trinajstić information content (AvgIpc) is 2.84. The van der Waals surface area contributed by atoms with Crippen LogP contribution in [-0.4, -0.2) is 47.0 Å². The molecular weight excluding hydrogens is 262 g/mol. The SMILES string of the molecule is C=CCN1C[C@H]2C[C@@H](CO)C=C[C@H]2[C@@H]1[C@@H](O)CCCCC. The van der Waals surface area contributed by atoms with Crippen molar-refractivity contribution in [2.24, 2.45) is 17.8 Å². The van der Waals surface area contributed by atoms with E-state index in [-0.39, 0.29) is 18.8 Å². The Morgan fingerprint density at radius 2 is 2.19 bits per heavy atom. The molecule has 1 fully saturated rings. The lowest BCUT2D eigenvalue weighted by Crippen LogP contribution is -2.42. The van der Waals surface area contributed by atoms with Crippen LogP contribution in [-0.2, 0) is 0 Å². The zero-order chi connectivity index (χ0) is 15.2. The largest absolute Gasteiger partial charge is 0.396 e. The summed E-state index contributed by atoms with van der Waals surface area (Å²) >= 11 is 0. The monoisotopic (exact) mass is 293 g/mol. The number of nitrogens with zero attached hydrogens (tertiary/aromatic N) is 1. The Balaban J connectivity index is 2.05. The summed E-state index contributed by atoms with van der Waals surface area (Å²) in [7, 11) is 0. The number of rotatable bonds is 8. The molecule has 1 aliphatic heterocycles. The Labute approximate surface area is 129 Å². The average molecular weight is 293 g/mol. The van der Waals surface area contributed by atoms with Crippen LogP contribution in [0.1, 0.15) is 39.0 Å². The number of likely N-dealkylation sites (tertiary alicyclic amines) is 1. The molecule has 3 heteroatoms. The van der Waals surface area contributed by atoms with Gasteiger partial charge < -0.3 is 10.2 Å². The Kier molecular flexibility index (Phi) is 6.46. The van der Waals surface area contributed by atoms with Crippen LogP contribution in [0.2, 0.25) is 0 Å². The van der Waals surface area contributed by atoms with E-state index in [0.717, 1.165) is 32.4 Å². The Hall–Kier alpha value is -0.640. The highest BCUT2D eigenvalue weighted by atomic mass is 16.3. The van der Waals surface area contributed by atoms with Gasteiger partial charge in [-0.2, -0.15) is 0 Å². The lowest BCUT2D eigenvalue weighted by Gasteiger charge is -2.32. The van der Waals surface area contributed by atoms with Crippen molar-refractivity contribution >= 4 is 0 Å². The first-order valence-electron chi connectivity index (χ1n) is 8.53. The van der Waals surface area contributed by atoms with Gasteiger partial charge in [0.25, 0.3) is 0 Å². The molecule has 0 aromatic carbocycles. The van der Waals surface area contributed by atoms with E-state index in [9.17, 15) is 10.2 Å². The van der Waals surface area contributed by atoms with Gasteiger partial charge >= 0.3 is 0 Å². The molecule has 0 amide bonds. The molecule has 2 aliphatic rings. The number of unbranched alkanes of at least 4 members (excludes halogenated alkanes) is 2. The molecule has 2 rings (SSSR count). The number of aliphatic hydroxyl groups is 2. The van der Waals surface area contributed by atoms with Gasteiger partial charge in [0.1, 0.15) is 0 Å². The predicted octanol–water partition coefficient (Wildman–Crippen LogP) is 2.60. The first-order valence-corrected chi connectivity index (χ1v) is 8.53. The van der Waals surface area contributed by atoms with E-state index in [1.54, 1.807) is 0 Å². The third-order valence-corrected chi connectivity index (χ3v) is 5.14. The molecular formula is C18H31NO2. The lowest BCUT2D eigenvalue weighted by molar-refractivity contribution is 0.0566. The zero-order valence-electron chi connectivity index (χ0n) is 13.3. The van der Waals surface area contributed by atoms with E-state index in [0.29, 0.717) is 17.8 Å². The maximum Gasteiger partial charge on any atom is 0.0701 e. The minimum atomic E-state index is -0.248. The third-order valence-electron chi connectivity index (χ3n) is 5.14. The highest BCUT2D eigenvalue weighted by Crippen LogP contribution is 2.40. The molecule has 5 atom stereocenters. The van der Waals surface area contributed by atoms with Crippen LogP contribution >= 0.6 is 0 Å². The van der Waals surface area contributed by atoms with Crippen molar-refractivity contribution in [1.29, 1.82) is 0 Å². The number of aliphatic hydroxyl groups excluding tert-OH is 2. The van der Waals surface area contributed by atoms with Crippen LogP contribution in [0, 0.1) is 17.8 Å². The van der Waals surface area contributed by atoms with Crippen molar-refractivity contribution < 1.29 is 10.2 Å². The minimum absolute atomic E-state index is 0.223. The zero-order valence-corrected chi connectivity index (χ0v) is 13.3. The van der Waals surface area contributed by atoms with Crippen molar-refractivity contribution in [1.82, 2.24) is 4.90 Å². The second kappa shape index (κ2) is 8.11. The molecule has 1 heterocycles. The Morgan fingerprint density at radius 3 is 2.86 bits per heavy atom. The van der Waals surface area contributed by atoms with Crippen LogP contribution in [0.3, 0.4) is 0 Å². The van der Waals surface area contributed by atoms with Crippen molar-refractivity contribution in [3.8, 4) is 0 Å². The van der Waals surface area contributed by atoms with Gasteiger partial charge in [0.2, 0.25) is 0 Å². The number of hydrogen-bond acceptors (Lipinski definition) is 3. The van der Waals surface area contributed by atoms with E-state index in [1.807, 2.05) is 6.08 Å². The summed E-state index contributed by atoms with van der Waals surface area (Å²) < 4.78 is 0. The molecule has 3 nitrogen and oxygen atoms in total. The summed E-state index contributed by atoms with van der Waals surface area (Å²) in [6.45, 7) is 8.17. The number of hydrogen-bond donors (Lipinski definition) is 2. The first kappa shape index (κ1) is 16.7. The van der Waals surface area contributed by atoms with E-state index >= 15 is 0 Å². The molecule has 0 saturated carbocycles. The maximum absolute atomic E-state index is 10.7. The van der Waals surface area contributed by atoms with E-state index < -0.39 is 0 Å². The van der Waals surface area contributed by atoms with Gasteiger partial charge in [0.05, 0.1) is 6.10 Å². The normalized spacial score (nSPS) is 33.9. The van der Waals surface area contributed by atoms with Gasteiger partial charge in [-0.25, -0.2) is 0 Å². The molecule has 0 spiro atoms. The summed E-state index contributed by atoms with van der Waals surface area (Å²) in [5.74, 6) is 1.30. The van der Waals surface area contributed by atoms with Crippen molar-refractivity contribution in [3.05, 3.63) is 24.8 Å². The van der Waals surface area contributed by atoms with Crippen molar-refractivity contribution in [2.45, 2.75) is 51.2 Å². The van der Waals surface area contributed by atoms with Crippen LogP contribution in [0.25, 0.3) is 0 Å². The summed E-state index contributed by atoms with van der Waals surface area (Å²) in [4.78, 5) is 2.39. The van der Waals surface area contributed by atoms with Gasteiger partial charge in [-0.05, 0) is 24.7 Å². The second-order valence-corrected chi connectivity index (χ2v) is 6.70. The van der Waals surface area contributed by atoms with Crippen LogP contribution < -0.4 is 0 Å². The molecule has 0 aromatic heterocycles. The minimum Gasteiger partial charge on any atom is -0.396 e. The molecule has 0 bridgehead atoms. The molecule has 120 valence electrons. The van der Waals surface area contributed by atoms with E-state index in [4.69, 9.17) is 0 Å². The van der Waals surface area contributed by atoms with Crippen LogP contribution in [0.15, 0.2) is 24.8 Å². The highest BCUT2D eigenvalue weighted by Gasteiger charge is 2.44. The van der Waals surface area contributed by atoms with E-state index in [1.165, 1.54) is 12.8 Å². The summed E-state index contributed by atoms with van der Waals surface area (Å²) in [6, 6.07) is 0.223. The summed E-state index contributed by atoms with van der Waals surface area (Å²) in [5.41, 5.74) is 0. The van der Waals surface area contributed by atoms with Gasteiger partial charge in [0.15, 0.2) is 0 Å². The van der Waals surface area contributed by atoms with Gasteiger partial charge in [-0.15, -0.1) is 6.58 Å². The maximum atomic E-state index is 10.7. The van der Waals surface area contributed by atoms with Gasteiger partial charge in [0, 0.05) is 31.7 Å². The molecule has 2 N–H and O–H groups in total. The van der Waals surface area contributed by atoms with Crippen LogP contribution in [0.4, 0.5) is 0 Å². The molecule has 0 unspecified atom stereocenters. The van der Waals surface area contributed by atoms with Crippen molar-refractivity contribution in [2.75, 3.05) is 19.7 Å². The predicted molar refractivity (Wildman–Crippen MR) is 87.0 cm³/mol. The molecule has 1 aliphatic carbocycles. The standard InChI is InChI=1S/C18H31NO2/c1-3-5-6-7-17(21)18-16-9-8-14(13-20)11-15(16)12-19(18)10-4-2/h4,8-9,14-18,20-21H,2-3,5-7,10-13H2,1H3/t14-,15+,16+,17-,18+/m0/s1. The topological polar surface area (TPSA) is 43.7 Å². The smallest absolute Gasteiger partial charge is 0.0701 e. The summed E-state index contributed by atoms with van der Waals surface area (Å²) in [6.07, 6.45) is 11.5. The number of fused-ring (bicyclic) bond motifs is 1. The second-order valence-electron chi connectivity index (χ2n) is 6.70. The first-order chi connectivity index (χ1) is 10.2. The molecule has 21 heavy (non-hydrogen) atoms. The molecule has 1 saturated heterocycles. The quantitative estimate of drug-likeness (QED) is 0.534. The third kappa shape index (κ3) is 3.97. The summed E-state index contributed by atoms with van der Waals surface area (Å²) in [5, 5.41) is 20.0. The fourth-order valence-electron chi connectivity index (χ4n) is 4.09. The fourth-order valence-corrected chi connectivity index (χ4v) is 4.09. The Bertz CT molecular complexity index is 355. The molecule has 0 radical (unpaired) electrons. The molecule has 0 aromatic rings. The van der Waals surface area contributed by atoms with Gasteiger partial charge in [-0.1, -0.05) is 44.4 Å². The Morgan fingerprint density at radius 1 is 1.38 bits per heavy atom. The van der Waals surface area contributed by atoms with Crippen LogP contribution in [0.5, 0.6) is 0 Å². The van der Waals surface area contributed by atoms with Crippen molar-refractivity contribution in [3.63, 3.8) is 0 Å². The van der Waals surface area contributed by atoms with Gasteiger partial charge in [-0.3, -0.25) is 4.90 Å². The lowest BCUT2D eigenvalue weighted by atomic mass is 9.77. The fraction of sp³-hybridized carbons (Fsp3) is 0.778. The van der Waals surface area contributed by atoms with E-state index in [2.05, 4.69) is 30.6 Å². The highest BCUT2D eigenvalue weighted by molar-refractivity contribution is 5.11.